The van der Waals surface area contributed by atoms with E-state index < -0.39 is 0 Å². The van der Waals surface area contributed by atoms with Crippen molar-refractivity contribution < 1.29 is 14.1 Å². The van der Waals surface area contributed by atoms with Crippen molar-refractivity contribution in [3.8, 4) is 0 Å². The highest BCUT2D eigenvalue weighted by Crippen LogP contribution is 2.33. The number of aromatic nitrogens is 2. The number of nitrogens with zero attached hydrogens (tertiary/aromatic N) is 3. The third-order valence-electron chi connectivity index (χ3n) is 5.36. The Morgan fingerprint density at radius 2 is 1.91 bits per heavy atom. The van der Waals surface area contributed by atoms with Gasteiger partial charge in [0.25, 0.3) is 0 Å². The molecule has 2 saturated heterocycles. The van der Waals surface area contributed by atoms with E-state index in [1.807, 2.05) is 4.90 Å². The topological polar surface area (TPSA) is 68.5 Å². The van der Waals surface area contributed by atoms with Crippen LogP contribution in [0.4, 0.5) is 0 Å². The van der Waals surface area contributed by atoms with E-state index in [1.165, 1.54) is 6.42 Å². The molecule has 0 N–H and O–H groups in total. The second-order valence-electron chi connectivity index (χ2n) is 6.78. The molecule has 0 aromatic carbocycles. The van der Waals surface area contributed by atoms with Gasteiger partial charge in [-0.25, -0.2) is 0 Å². The lowest BCUT2D eigenvalue weighted by atomic mass is 9.83. The highest BCUT2D eigenvalue weighted by Gasteiger charge is 2.33. The molecule has 1 atom stereocenters. The van der Waals surface area contributed by atoms with Gasteiger partial charge < -0.3 is 14.2 Å². The standard InChI is InChI=1S/C16H23N3O3/c20-16(12-2-1-3-12)19-7-4-11(5-8-19)15-17-14(18-22-15)13-6-9-21-10-13/h11-13H,1-10H2/t13-/m1/s1. The molecule has 1 amide bonds. The summed E-state index contributed by atoms with van der Waals surface area (Å²) in [6.45, 7) is 3.14. The lowest BCUT2D eigenvalue weighted by Crippen LogP contribution is -2.43. The van der Waals surface area contributed by atoms with Crippen molar-refractivity contribution in [3.63, 3.8) is 0 Å². The number of carbonyl (C=O) groups is 1. The Labute approximate surface area is 130 Å². The molecule has 1 aromatic heterocycles. The summed E-state index contributed by atoms with van der Waals surface area (Å²) in [5.41, 5.74) is 0. The predicted molar refractivity (Wildman–Crippen MR) is 78.4 cm³/mol. The largest absolute Gasteiger partial charge is 0.381 e. The molecule has 0 radical (unpaired) electrons. The van der Waals surface area contributed by atoms with Gasteiger partial charge in [0, 0.05) is 37.5 Å². The molecule has 0 bridgehead atoms. The number of rotatable bonds is 3. The molecular formula is C16H23N3O3. The summed E-state index contributed by atoms with van der Waals surface area (Å²) in [7, 11) is 0. The maximum Gasteiger partial charge on any atom is 0.229 e. The van der Waals surface area contributed by atoms with Gasteiger partial charge in [0.2, 0.25) is 11.8 Å². The fourth-order valence-electron chi connectivity index (χ4n) is 3.58. The molecule has 3 fully saturated rings. The minimum atomic E-state index is 0.290. The predicted octanol–water partition coefficient (Wildman–Crippen LogP) is 2.08. The number of carbonyl (C=O) groups excluding carboxylic acids is 1. The fourth-order valence-corrected chi connectivity index (χ4v) is 3.58. The summed E-state index contributed by atoms with van der Waals surface area (Å²) in [5.74, 6) is 2.79. The van der Waals surface area contributed by atoms with Gasteiger partial charge in [0.15, 0.2) is 5.82 Å². The van der Waals surface area contributed by atoms with Crippen LogP contribution in [0.15, 0.2) is 4.52 Å². The molecule has 6 heteroatoms. The zero-order valence-corrected chi connectivity index (χ0v) is 12.9. The van der Waals surface area contributed by atoms with Crippen LogP contribution in [0, 0.1) is 5.92 Å². The highest BCUT2D eigenvalue weighted by atomic mass is 16.5. The molecule has 1 saturated carbocycles. The van der Waals surface area contributed by atoms with Gasteiger partial charge in [-0.15, -0.1) is 0 Å². The molecule has 6 nitrogen and oxygen atoms in total. The van der Waals surface area contributed by atoms with Crippen molar-refractivity contribution in [1.82, 2.24) is 15.0 Å². The first-order chi connectivity index (χ1) is 10.8. The zero-order chi connectivity index (χ0) is 14.9. The Bertz CT molecular complexity index is 526. The summed E-state index contributed by atoms with van der Waals surface area (Å²) >= 11 is 0. The molecule has 0 spiro atoms. The normalized spacial score (nSPS) is 27.1. The molecule has 2 aliphatic heterocycles. The highest BCUT2D eigenvalue weighted by molar-refractivity contribution is 5.79. The van der Waals surface area contributed by atoms with Crippen LogP contribution in [0.2, 0.25) is 0 Å². The van der Waals surface area contributed by atoms with Gasteiger partial charge >= 0.3 is 0 Å². The summed E-state index contributed by atoms with van der Waals surface area (Å²) in [6, 6.07) is 0. The first-order valence-electron chi connectivity index (χ1n) is 8.51. The van der Waals surface area contributed by atoms with E-state index in [0.717, 1.165) is 63.5 Å². The molecule has 0 unspecified atom stereocenters. The van der Waals surface area contributed by atoms with E-state index in [9.17, 15) is 4.79 Å². The number of hydrogen-bond acceptors (Lipinski definition) is 5. The second-order valence-corrected chi connectivity index (χ2v) is 6.78. The minimum Gasteiger partial charge on any atom is -0.381 e. The number of piperidine rings is 1. The van der Waals surface area contributed by atoms with E-state index in [2.05, 4.69) is 10.1 Å². The van der Waals surface area contributed by atoms with Crippen molar-refractivity contribution in [2.24, 2.45) is 5.92 Å². The third-order valence-corrected chi connectivity index (χ3v) is 5.36. The quantitative estimate of drug-likeness (QED) is 0.855. The van der Waals surface area contributed by atoms with Crippen LogP contribution in [-0.2, 0) is 9.53 Å². The summed E-state index contributed by atoms with van der Waals surface area (Å²) < 4.78 is 10.9. The number of likely N-dealkylation sites (tertiary alicyclic amines) is 1. The first-order valence-corrected chi connectivity index (χ1v) is 8.51. The molecule has 3 heterocycles. The van der Waals surface area contributed by atoms with Crippen LogP contribution >= 0.6 is 0 Å². The van der Waals surface area contributed by atoms with E-state index in [1.54, 1.807) is 0 Å². The fraction of sp³-hybridized carbons (Fsp3) is 0.812. The van der Waals surface area contributed by atoms with Crippen LogP contribution < -0.4 is 0 Å². The Balaban J connectivity index is 1.34. The van der Waals surface area contributed by atoms with E-state index in [-0.39, 0.29) is 5.92 Å². The lowest BCUT2D eigenvalue weighted by molar-refractivity contribution is -0.139. The zero-order valence-electron chi connectivity index (χ0n) is 12.9. The van der Waals surface area contributed by atoms with Crippen molar-refractivity contribution in [3.05, 3.63) is 11.7 Å². The van der Waals surface area contributed by atoms with E-state index in [4.69, 9.17) is 9.26 Å². The molecule has 1 aliphatic carbocycles. The monoisotopic (exact) mass is 305 g/mol. The number of hydrogen-bond donors (Lipinski definition) is 0. The second kappa shape index (κ2) is 5.99. The molecule has 22 heavy (non-hydrogen) atoms. The van der Waals surface area contributed by atoms with Crippen molar-refractivity contribution in [1.29, 1.82) is 0 Å². The van der Waals surface area contributed by atoms with Crippen LogP contribution in [0.1, 0.15) is 62.1 Å². The average molecular weight is 305 g/mol. The maximum atomic E-state index is 12.3. The van der Waals surface area contributed by atoms with Gasteiger partial charge in [-0.3, -0.25) is 4.79 Å². The Kier molecular flexibility index (Phi) is 3.86. The van der Waals surface area contributed by atoms with Crippen LogP contribution in [0.25, 0.3) is 0 Å². The van der Waals surface area contributed by atoms with Crippen LogP contribution in [0.5, 0.6) is 0 Å². The minimum absolute atomic E-state index is 0.290. The van der Waals surface area contributed by atoms with Crippen molar-refractivity contribution >= 4 is 5.91 Å². The Hall–Kier alpha value is -1.43. The first kappa shape index (κ1) is 14.2. The molecule has 1 aromatic rings. The van der Waals surface area contributed by atoms with Gasteiger partial charge in [-0.05, 0) is 32.1 Å². The van der Waals surface area contributed by atoms with Crippen LogP contribution in [0.3, 0.4) is 0 Å². The van der Waals surface area contributed by atoms with Crippen LogP contribution in [-0.4, -0.2) is 47.3 Å². The molecule has 4 rings (SSSR count). The summed E-state index contributed by atoms with van der Waals surface area (Å²) in [4.78, 5) is 18.9. The SMILES string of the molecule is O=C(C1CCC1)N1CCC(c2nc([C@@H]3CCOC3)no2)CC1. The van der Waals surface area contributed by atoms with E-state index >= 15 is 0 Å². The van der Waals surface area contributed by atoms with Crippen molar-refractivity contribution in [2.75, 3.05) is 26.3 Å². The van der Waals surface area contributed by atoms with Gasteiger partial charge in [-0.2, -0.15) is 4.98 Å². The summed E-state index contributed by atoms with van der Waals surface area (Å²) in [5, 5.41) is 4.13. The molecule has 120 valence electrons. The maximum absolute atomic E-state index is 12.3. The number of ether oxygens (including phenoxy) is 1. The van der Waals surface area contributed by atoms with E-state index in [0.29, 0.717) is 24.3 Å². The third kappa shape index (κ3) is 2.64. The van der Waals surface area contributed by atoms with Gasteiger partial charge in [0.1, 0.15) is 0 Å². The molecule has 3 aliphatic rings. The average Bonchev–Trinajstić information content (AvgIpc) is 3.16. The Morgan fingerprint density at radius 1 is 1.09 bits per heavy atom. The lowest BCUT2D eigenvalue weighted by Gasteiger charge is -2.35. The number of amides is 1. The Morgan fingerprint density at radius 3 is 2.55 bits per heavy atom. The van der Waals surface area contributed by atoms with Gasteiger partial charge in [-0.1, -0.05) is 11.6 Å². The summed E-state index contributed by atoms with van der Waals surface area (Å²) in [6.07, 6.45) is 6.21. The van der Waals surface area contributed by atoms with Gasteiger partial charge in [0.05, 0.1) is 6.61 Å². The molecular weight excluding hydrogens is 282 g/mol. The smallest absolute Gasteiger partial charge is 0.229 e. The van der Waals surface area contributed by atoms with Crippen molar-refractivity contribution in [2.45, 2.75) is 50.4 Å².